The van der Waals surface area contributed by atoms with E-state index in [2.05, 4.69) is 33.8 Å². The lowest BCUT2D eigenvalue weighted by molar-refractivity contribution is -0.867. The summed E-state index contributed by atoms with van der Waals surface area (Å²) in [6, 6.07) is 0. The summed E-state index contributed by atoms with van der Waals surface area (Å²) in [7, 11) is 6.38. The van der Waals surface area contributed by atoms with E-state index in [0.29, 0.717) is 0 Å². The minimum atomic E-state index is 0.753. The van der Waals surface area contributed by atoms with Crippen molar-refractivity contribution in [1.82, 2.24) is 0 Å². The lowest BCUT2D eigenvalue weighted by atomic mass is 10.6. The van der Waals surface area contributed by atoms with Crippen LogP contribution in [0, 0.1) is 10.7 Å². The maximum Gasteiger partial charge on any atom is 0.0918 e. The molecule has 0 atom stereocenters. The highest BCUT2D eigenvalue weighted by molar-refractivity contribution is 7.64. The Labute approximate surface area is 73.4 Å². The summed E-state index contributed by atoms with van der Waals surface area (Å²) in [6.45, 7) is 1.04. The third-order valence-electron chi connectivity index (χ3n) is 0.755. The predicted molar refractivity (Wildman–Crippen MR) is 46.6 cm³/mol. The van der Waals surface area contributed by atoms with E-state index < -0.39 is 0 Å². The Morgan fingerprint density at radius 3 is 1.80 bits per heavy atom. The van der Waals surface area contributed by atoms with E-state index in [1.165, 1.54) is 5.40 Å². The van der Waals surface area contributed by atoms with Gasteiger partial charge < -0.3 is 17.1 Å². The van der Waals surface area contributed by atoms with E-state index >= 15 is 0 Å². The highest BCUT2D eigenvalue weighted by Gasteiger charge is 2.02. The fraction of sp³-hybridized carbons (Fsp3) is 0.833. The lowest BCUT2D eigenvalue weighted by Crippen LogP contribution is -2.35. The molecular formula is C6H13ClN2S. The number of hydrogen-bond acceptors (Lipinski definition) is 2. The fourth-order valence-corrected chi connectivity index (χ4v) is 0.761. The zero-order chi connectivity index (χ0) is 8.62. The van der Waals surface area contributed by atoms with E-state index in [-0.39, 0.29) is 0 Å². The van der Waals surface area contributed by atoms with Crippen molar-refractivity contribution in [2.75, 3.05) is 33.6 Å². The van der Waals surface area contributed by atoms with Crippen molar-refractivity contribution in [3.8, 4) is 5.40 Å². The van der Waals surface area contributed by atoms with Gasteiger partial charge in [-0.2, -0.15) is 0 Å². The maximum absolute atomic E-state index is 7.13. The van der Waals surface area contributed by atoms with E-state index in [1.807, 2.05) is 0 Å². The average molecular weight is 181 g/mol. The number of rotatable bonds is 2. The quantitative estimate of drug-likeness (QED) is 0.274. The normalized spacial score (nSPS) is 9.10. The van der Waals surface area contributed by atoms with Crippen LogP contribution in [0.3, 0.4) is 0 Å². The van der Waals surface area contributed by atoms with Crippen LogP contribution in [0.4, 0.5) is 0 Å². The summed E-state index contributed by atoms with van der Waals surface area (Å²) < 4.78 is 0.962. The average Bonchev–Trinajstić information content (AvgIpc) is 1.63. The minimum absolute atomic E-state index is 0.753. The summed E-state index contributed by atoms with van der Waals surface area (Å²) in [4.78, 5) is 0. The summed E-state index contributed by atoms with van der Waals surface area (Å²) in [6.07, 6.45) is 0. The van der Waals surface area contributed by atoms with Gasteiger partial charge in [-0.3, -0.25) is 0 Å². The second kappa shape index (κ2) is 7.07. The molecule has 60 valence electrons. The molecule has 0 aliphatic heterocycles. The number of thiocyanates is 1. The predicted octanol–water partition coefficient (Wildman–Crippen LogP) is 0.946. The summed E-state index contributed by atoms with van der Waals surface area (Å²) >= 11 is 9.17. The SMILES string of the molecule is C[N+](C)(C)CCCl.N#C[S-]. The van der Waals surface area contributed by atoms with Gasteiger partial charge in [0.2, 0.25) is 0 Å². The van der Waals surface area contributed by atoms with Gasteiger partial charge in [-0.25, -0.2) is 5.26 Å². The zero-order valence-electron chi connectivity index (χ0n) is 6.59. The molecule has 0 saturated carbocycles. The third kappa shape index (κ3) is 24.6. The Kier molecular flexibility index (Phi) is 8.92. The molecule has 0 bridgehead atoms. The molecule has 0 saturated heterocycles. The number of alkyl halides is 1. The molecule has 0 fully saturated rings. The molecule has 0 N–H and O–H groups in total. The Balaban J connectivity index is 0. The molecule has 2 nitrogen and oxygen atoms in total. The van der Waals surface area contributed by atoms with Crippen LogP contribution < -0.4 is 0 Å². The Morgan fingerprint density at radius 1 is 1.50 bits per heavy atom. The molecule has 0 rings (SSSR count). The van der Waals surface area contributed by atoms with Gasteiger partial charge in [0.05, 0.1) is 33.6 Å². The van der Waals surface area contributed by atoms with E-state index in [9.17, 15) is 0 Å². The number of halogens is 1. The molecule has 0 aromatic rings. The van der Waals surface area contributed by atoms with Gasteiger partial charge in [0, 0.05) is 0 Å². The number of hydrogen-bond donors (Lipinski definition) is 0. The first-order valence-electron chi connectivity index (χ1n) is 2.85. The molecular weight excluding hydrogens is 168 g/mol. The van der Waals surface area contributed by atoms with Crippen LogP contribution in [0.25, 0.3) is 0 Å². The largest absolute Gasteiger partial charge is 0.696 e. The lowest BCUT2D eigenvalue weighted by Gasteiger charge is -2.21. The summed E-state index contributed by atoms with van der Waals surface area (Å²) in [5.41, 5.74) is 0. The second-order valence-electron chi connectivity index (χ2n) is 2.79. The van der Waals surface area contributed by atoms with E-state index in [0.717, 1.165) is 16.9 Å². The van der Waals surface area contributed by atoms with Crippen LogP contribution in [0.15, 0.2) is 0 Å². The van der Waals surface area contributed by atoms with Crippen LogP contribution in [-0.2, 0) is 12.6 Å². The molecule has 0 radical (unpaired) electrons. The second-order valence-corrected chi connectivity index (χ2v) is 3.35. The van der Waals surface area contributed by atoms with E-state index in [1.54, 1.807) is 0 Å². The summed E-state index contributed by atoms with van der Waals surface area (Å²) in [5.74, 6) is 0.753. The van der Waals surface area contributed by atoms with Crippen LogP contribution in [0.2, 0.25) is 0 Å². The number of nitrogens with zero attached hydrogens (tertiary/aromatic N) is 2. The van der Waals surface area contributed by atoms with Gasteiger partial charge in [-0.05, 0) is 0 Å². The highest BCUT2D eigenvalue weighted by Crippen LogP contribution is 1.88. The van der Waals surface area contributed by atoms with Gasteiger partial charge in [-0.15, -0.1) is 11.6 Å². The number of nitriles is 1. The van der Waals surface area contributed by atoms with Crippen molar-refractivity contribution >= 4 is 24.2 Å². The first kappa shape index (κ1) is 12.6. The molecule has 0 unspecified atom stereocenters. The maximum atomic E-state index is 7.13. The van der Waals surface area contributed by atoms with Gasteiger partial charge in [-0.1, -0.05) is 5.40 Å². The zero-order valence-corrected chi connectivity index (χ0v) is 8.17. The minimum Gasteiger partial charge on any atom is -0.696 e. The molecule has 10 heavy (non-hydrogen) atoms. The molecule has 0 spiro atoms. The Morgan fingerprint density at radius 2 is 1.80 bits per heavy atom. The van der Waals surface area contributed by atoms with Crippen molar-refractivity contribution in [2.24, 2.45) is 0 Å². The van der Waals surface area contributed by atoms with Gasteiger partial charge in [0.1, 0.15) is 0 Å². The van der Waals surface area contributed by atoms with Gasteiger partial charge in [0.25, 0.3) is 0 Å². The third-order valence-corrected chi connectivity index (χ3v) is 0.924. The first-order chi connectivity index (χ1) is 4.47. The monoisotopic (exact) mass is 180 g/mol. The van der Waals surface area contributed by atoms with Crippen molar-refractivity contribution < 1.29 is 4.48 Å². The Hall–Kier alpha value is -0.0400. The topological polar surface area (TPSA) is 23.8 Å². The van der Waals surface area contributed by atoms with Crippen molar-refractivity contribution in [2.45, 2.75) is 0 Å². The summed E-state index contributed by atoms with van der Waals surface area (Å²) in [5, 5.41) is 8.47. The molecule has 0 aliphatic carbocycles. The number of quaternary nitrogens is 1. The standard InChI is InChI=1S/C5H13ClN.CHNS/c1-7(2,3)5-4-6;2-1-3/h4-5H2,1-3H3;3H/q+1;/p-1. The van der Waals surface area contributed by atoms with Crippen molar-refractivity contribution in [3.05, 3.63) is 0 Å². The van der Waals surface area contributed by atoms with Crippen LogP contribution in [0.1, 0.15) is 0 Å². The molecule has 0 aromatic heterocycles. The van der Waals surface area contributed by atoms with Crippen molar-refractivity contribution in [3.63, 3.8) is 0 Å². The van der Waals surface area contributed by atoms with Gasteiger partial charge >= 0.3 is 0 Å². The highest BCUT2D eigenvalue weighted by atomic mass is 35.5. The molecule has 0 heterocycles. The Bertz CT molecular complexity index is 103. The van der Waals surface area contributed by atoms with Crippen molar-refractivity contribution in [1.29, 1.82) is 5.26 Å². The molecule has 4 heteroatoms. The fourth-order valence-electron chi connectivity index (χ4n) is 0.254. The molecule has 0 amide bonds. The smallest absolute Gasteiger partial charge is 0.0918 e. The molecule has 0 aromatic carbocycles. The first-order valence-corrected chi connectivity index (χ1v) is 3.80. The van der Waals surface area contributed by atoms with Crippen LogP contribution >= 0.6 is 11.6 Å². The van der Waals surface area contributed by atoms with Crippen LogP contribution in [-0.4, -0.2) is 38.1 Å². The van der Waals surface area contributed by atoms with Gasteiger partial charge in [0.15, 0.2) is 0 Å². The molecule has 0 aliphatic rings. The van der Waals surface area contributed by atoms with E-state index in [4.69, 9.17) is 16.9 Å². The van der Waals surface area contributed by atoms with Crippen LogP contribution in [0.5, 0.6) is 0 Å².